The van der Waals surface area contributed by atoms with E-state index in [-0.39, 0.29) is 41.0 Å². The Balaban J connectivity index is 3.17. The Labute approximate surface area is 160 Å². The minimum Gasteiger partial charge on any atom is -0.413 e. The van der Waals surface area contributed by atoms with Crippen LogP contribution in [0.15, 0.2) is 0 Å². The van der Waals surface area contributed by atoms with Crippen LogP contribution in [-0.2, 0) is 18.8 Å². The van der Waals surface area contributed by atoms with Crippen LogP contribution in [0, 0.1) is 11.8 Å². The maximum Gasteiger partial charge on any atom is 0.222 e. The number of hydrogen-bond donors (Lipinski definition) is 0. The number of carbonyl (C=O) groups excluding carboxylic acids is 2. The molecule has 5 atom stereocenters. The van der Waals surface area contributed by atoms with Crippen LogP contribution in [0.5, 0.6) is 0 Å². The van der Waals surface area contributed by atoms with Gasteiger partial charge in [0.2, 0.25) is 5.91 Å². The Morgan fingerprint density at radius 1 is 1.27 bits per heavy atom. The maximum absolute atomic E-state index is 12.1. The number of amides is 1. The van der Waals surface area contributed by atoms with Gasteiger partial charge in [0.1, 0.15) is 12.0 Å². The highest BCUT2D eigenvalue weighted by molar-refractivity contribution is 6.74. The summed E-state index contributed by atoms with van der Waals surface area (Å²) in [5, 5.41) is 0.0560. The van der Waals surface area contributed by atoms with Gasteiger partial charge in [-0.2, -0.15) is 0 Å². The molecule has 152 valence electrons. The molecule has 1 amide bonds. The fraction of sp³-hybridized carbons (Fsp3) is 0.900. The number of hydrogen-bond acceptors (Lipinski definition) is 4. The van der Waals surface area contributed by atoms with E-state index in [9.17, 15) is 9.59 Å². The summed E-state index contributed by atoms with van der Waals surface area (Å²) < 4.78 is 13.0. The minimum absolute atomic E-state index is 0.00232. The van der Waals surface area contributed by atoms with Crippen LogP contribution in [-0.4, -0.2) is 49.4 Å². The molecule has 1 saturated heterocycles. The zero-order chi connectivity index (χ0) is 20.7. The first-order valence-electron chi connectivity index (χ1n) is 9.67. The number of rotatable bonds is 6. The van der Waals surface area contributed by atoms with Crippen molar-refractivity contribution in [3.8, 4) is 0 Å². The van der Waals surface area contributed by atoms with E-state index >= 15 is 0 Å². The van der Waals surface area contributed by atoms with Crippen molar-refractivity contribution in [2.24, 2.45) is 11.8 Å². The molecule has 0 unspecified atom stereocenters. The lowest BCUT2D eigenvalue weighted by Crippen LogP contribution is -2.51. The Morgan fingerprint density at radius 3 is 2.12 bits per heavy atom. The fourth-order valence-corrected chi connectivity index (χ4v) is 5.28. The van der Waals surface area contributed by atoms with Crippen LogP contribution in [0.1, 0.15) is 62.3 Å². The molecule has 0 bridgehead atoms. The van der Waals surface area contributed by atoms with E-state index in [1.807, 2.05) is 27.7 Å². The largest absolute Gasteiger partial charge is 0.413 e. The number of carbonyl (C=O) groups is 2. The van der Waals surface area contributed by atoms with E-state index in [0.29, 0.717) is 0 Å². The highest BCUT2D eigenvalue weighted by Gasteiger charge is 2.51. The summed E-state index contributed by atoms with van der Waals surface area (Å²) in [4.78, 5) is 25.5. The van der Waals surface area contributed by atoms with Crippen molar-refractivity contribution in [2.75, 3.05) is 0 Å². The molecular formula is C20H39NO4Si. The van der Waals surface area contributed by atoms with Gasteiger partial charge in [-0.05, 0) is 38.9 Å². The van der Waals surface area contributed by atoms with Crippen molar-refractivity contribution in [3.63, 3.8) is 0 Å². The smallest absolute Gasteiger partial charge is 0.222 e. The van der Waals surface area contributed by atoms with Gasteiger partial charge >= 0.3 is 0 Å². The van der Waals surface area contributed by atoms with Gasteiger partial charge in [0.05, 0.1) is 18.2 Å². The highest BCUT2D eigenvalue weighted by atomic mass is 28.4. The molecule has 0 aromatic heterocycles. The van der Waals surface area contributed by atoms with Crippen molar-refractivity contribution >= 4 is 20.5 Å². The van der Waals surface area contributed by atoms with E-state index in [1.54, 1.807) is 11.8 Å². The molecule has 1 rings (SSSR count). The molecule has 1 aliphatic rings. The quantitative estimate of drug-likeness (QED) is 0.507. The molecule has 1 fully saturated rings. The molecule has 0 spiro atoms. The van der Waals surface area contributed by atoms with Crippen molar-refractivity contribution in [3.05, 3.63) is 0 Å². The molecule has 0 saturated carbocycles. The topological polar surface area (TPSA) is 55.8 Å². The average molecular weight is 386 g/mol. The Kier molecular flexibility index (Phi) is 6.92. The van der Waals surface area contributed by atoms with Crippen LogP contribution in [0.2, 0.25) is 18.1 Å². The van der Waals surface area contributed by atoms with Gasteiger partial charge in [-0.1, -0.05) is 34.6 Å². The number of ether oxygens (including phenoxy) is 1. The maximum atomic E-state index is 12.1. The minimum atomic E-state index is -2.05. The monoisotopic (exact) mass is 385 g/mol. The summed E-state index contributed by atoms with van der Waals surface area (Å²) in [5.41, 5.74) is -0.657. The summed E-state index contributed by atoms with van der Waals surface area (Å²) in [6, 6.07) is -0.0677. The molecule has 1 aliphatic heterocycles. The van der Waals surface area contributed by atoms with Crippen LogP contribution < -0.4 is 0 Å². The van der Waals surface area contributed by atoms with Gasteiger partial charge in [0, 0.05) is 18.8 Å². The molecule has 1 heterocycles. The summed E-state index contributed by atoms with van der Waals surface area (Å²) >= 11 is 0. The molecule has 0 aliphatic carbocycles. The summed E-state index contributed by atoms with van der Waals surface area (Å²) in [7, 11) is -2.05. The average Bonchev–Trinajstić information content (AvgIpc) is 2.71. The van der Waals surface area contributed by atoms with Crippen molar-refractivity contribution in [1.82, 2.24) is 4.90 Å². The second kappa shape index (κ2) is 7.72. The van der Waals surface area contributed by atoms with Crippen LogP contribution in [0.25, 0.3) is 0 Å². The van der Waals surface area contributed by atoms with E-state index in [2.05, 4.69) is 40.8 Å². The third-order valence-corrected chi connectivity index (χ3v) is 10.7. The summed E-state index contributed by atoms with van der Waals surface area (Å²) in [5.74, 6) is -0.241. The summed E-state index contributed by atoms with van der Waals surface area (Å²) in [6.45, 7) is 22.4. The normalized spacial score (nSPS) is 27.1. The van der Waals surface area contributed by atoms with E-state index in [1.165, 1.54) is 0 Å². The van der Waals surface area contributed by atoms with Gasteiger partial charge in [-0.15, -0.1) is 0 Å². The standard InChI is InChI=1S/C20H39NO4Si/c1-13(12-22)17(25-26(10,11)19(5,6)7)14(2)18-15(3)21(16(4)23)20(8,9)24-18/h12-15,17-18H,1-11H3/t13-,14+,15+,17-,18+/m0/s1. The van der Waals surface area contributed by atoms with Crippen molar-refractivity contribution < 1.29 is 18.8 Å². The summed E-state index contributed by atoms with van der Waals surface area (Å²) in [6.07, 6.45) is 0.566. The lowest BCUT2D eigenvalue weighted by molar-refractivity contribution is -0.146. The Hall–Kier alpha value is -0.723. The molecule has 0 radical (unpaired) electrons. The van der Waals surface area contributed by atoms with Gasteiger partial charge in [0.15, 0.2) is 8.32 Å². The number of aldehydes is 1. The predicted octanol–water partition coefficient (Wildman–Crippen LogP) is 4.22. The third-order valence-electron chi connectivity index (χ3n) is 6.23. The highest BCUT2D eigenvalue weighted by Crippen LogP contribution is 2.42. The van der Waals surface area contributed by atoms with Crippen molar-refractivity contribution in [1.29, 1.82) is 0 Å². The second-order valence-corrected chi connectivity index (χ2v) is 14.6. The number of nitrogens with zero attached hydrogens (tertiary/aromatic N) is 1. The molecule has 5 nitrogen and oxygen atoms in total. The Morgan fingerprint density at radius 2 is 1.77 bits per heavy atom. The van der Waals surface area contributed by atoms with E-state index < -0.39 is 14.0 Å². The lowest BCUT2D eigenvalue weighted by Gasteiger charge is -2.43. The first kappa shape index (κ1) is 23.3. The second-order valence-electron chi connectivity index (χ2n) is 9.86. The van der Waals surface area contributed by atoms with E-state index in [0.717, 1.165) is 6.29 Å². The van der Waals surface area contributed by atoms with Crippen LogP contribution >= 0.6 is 0 Å². The van der Waals surface area contributed by atoms with Gasteiger partial charge in [0.25, 0.3) is 0 Å². The first-order chi connectivity index (χ1) is 11.6. The molecule has 0 aromatic carbocycles. The van der Waals surface area contributed by atoms with E-state index in [4.69, 9.17) is 9.16 Å². The van der Waals surface area contributed by atoms with Crippen molar-refractivity contribution in [2.45, 2.75) is 104 Å². The fourth-order valence-electron chi connectivity index (χ4n) is 3.81. The Bertz CT molecular complexity index is 526. The van der Waals surface area contributed by atoms with Gasteiger partial charge < -0.3 is 18.9 Å². The lowest BCUT2D eigenvalue weighted by atomic mass is 9.87. The molecule has 0 N–H and O–H groups in total. The van der Waals surface area contributed by atoms with Gasteiger partial charge in [-0.25, -0.2) is 0 Å². The molecule has 6 heteroatoms. The van der Waals surface area contributed by atoms with Crippen LogP contribution in [0.4, 0.5) is 0 Å². The van der Waals surface area contributed by atoms with Gasteiger partial charge in [-0.3, -0.25) is 4.79 Å². The molecule has 0 aromatic rings. The SMILES string of the molecule is CC(=O)N1[C@H](C)[C@@H]([C@H](C)[C@@H](O[Si](C)(C)C(C)(C)C)[C@@H](C)C=O)OC1(C)C. The van der Waals surface area contributed by atoms with Crippen LogP contribution in [0.3, 0.4) is 0 Å². The zero-order valence-electron chi connectivity index (χ0n) is 18.5. The third kappa shape index (κ3) is 4.57. The molecule has 26 heavy (non-hydrogen) atoms. The molecular weight excluding hydrogens is 346 g/mol. The first-order valence-corrected chi connectivity index (χ1v) is 12.6. The predicted molar refractivity (Wildman–Crippen MR) is 107 cm³/mol. The zero-order valence-corrected chi connectivity index (χ0v) is 19.5.